The van der Waals surface area contributed by atoms with Crippen LogP contribution in [0.25, 0.3) is 0 Å². The average Bonchev–Trinajstić information content (AvgIpc) is 2.71. The summed E-state index contributed by atoms with van der Waals surface area (Å²) in [5.74, 6) is 1.65. The minimum absolute atomic E-state index is 0.230. The topological polar surface area (TPSA) is 40.5 Å². The molecule has 6 unspecified atom stereocenters. The summed E-state index contributed by atoms with van der Waals surface area (Å²) in [6.07, 6.45) is 5.10. The Morgan fingerprint density at radius 2 is 1.80 bits per heavy atom. The molecule has 2 saturated carbocycles. The third-order valence-electron chi connectivity index (χ3n) is 5.05. The van der Waals surface area contributed by atoms with Gasteiger partial charge in [-0.3, -0.25) is 0 Å². The van der Waals surface area contributed by atoms with Crippen LogP contribution in [0.1, 0.15) is 27.2 Å². The molecule has 6 atom stereocenters. The lowest BCUT2D eigenvalue weighted by molar-refractivity contribution is -0.282. The predicted octanol–water partition coefficient (Wildman–Crippen LogP) is 1.58. The Kier molecular flexibility index (Phi) is 1.64. The Bertz CT molecular complexity index is 328. The van der Waals surface area contributed by atoms with Gasteiger partial charge in [-0.25, -0.2) is 0 Å². The molecule has 2 N–H and O–H groups in total. The Balaban J connectivity index is 1.99. The van der Waals surface area contributed by atoms with E-state index in [0.29, 0.717) is 23.7 Å². The molecule has 2 heteroatoms. The van der Waals surface area contributed by atoms with E-state index in [1.807, 2.05) is 20.8 Å². The van der Waals surface area contributed by atoms with Crippen LogP contribution in [0.2, 0.25) is 0 Å². The molecule has 3 rings (SSSR count). The molecular weight excluding hydrogens is 188 g/mol. The minimum atomic E-state index is -0.873. The highest BCUT2D eigenvalue weighted by Gasteiger charge is 2.72. The SMILES string of the molecule is CC(C)(C)C1(O)C(O)C2C3C=CC(C3)C21. The van der Waals surface area contributed by atoms with Gasteiger partial charge in [-0.15, -0.1) is 0 Å². The molecule has 0 aliphatic heterocycles. The summed E-state index contributed by atoms with van der Waals surface area (Å²) in [6.45, 7) is 6.09. The van der Waals surface area contributed by atoms with Crippen molar-refractivity contribution in [2.45, 2.75) is 38.9 Å². The van der Waals surface area contributed by atoms with Crippen LogP contribution in [-0.4, -0.2) is 21.9 Å². The van der Waals surface area contributed by atoms with E-state index in [9.17, 15) is 10.2 Å². The van der Waals surface area contributed by atoms with Crippen LogP contribution < -0.4 is 0 Å². The number of aliphatic hydroxyl groups excluding tert-OH is 1. The van der Waals surface area contributed by atoms with Crippen LogP contribution in [0.15, 0.2) is 12.2 Å². The third kappa shape index (κ3) is 0.891. The first-order chi connectivity index (χ1) is 6.87. The average molecular weight is 208 g/mol. The zero-order valence-corrected chi connectivity index (χ0v) is 9.64. The second kappa shape index (κ2) is 2.49. The summed E-state index contributed by atoms with van der Waals surface area (Å²) in [6, 6.07) is 0. The van der Waals surface area contributed by atoms with Crippen molar-refractivity contribution in [3.05, 3.63) is 12.2 Å². The van der Waals surface area contributed by atoms with Crippen LogP contribution in [-0.2, 0) is 0 Å². The van der Waals surface area contributed by atoms with Gasteiger partial charge in [0.1, 0.15) is 0 Å². The minimum Gasteiger partial charge on any atom is -0.390 e. The maximum absolute atomic E-state index is 10.7. The normalized spacial score (nSPS) is 56.7. The van der Waals surface area contributed by atoms with Crippen LogP contribution in [0, 0.1) is 29.1 Å². The lowest BCUT2D eigenvalue weighted by atomic mass is 9.47. The van der Waals surface area contributed by atoms with Gasteiger partial charge >= 0.3 is 0 Å². The van der Waals surface area contributed by atoms with E-state index >= 15 is 0 Å². The lowest BCUT2D eigenvalue weighted by Gasteiger charge is -2.62. The highest BCUT2D eigenvalue weighted by Crippen LogP contribution is 2.66. The summed E-state index contributed by atoms with van der Waals surface area (Å²) in [7, 11) is 0. The molecule has 2 nitrogen and oxygen atoms in total. The summed E-state index contributed by atoms with van der Waals surface area (Å²) in [4.78, 5) is 0. The number of hydrogen-bond donors (Lipinski definition) is 2. The van der Waals surface area contributed by atoms with E-state index < -0.39 is 11.7 Å². The molecule has 0 aromatic heterocycles. The van der Waals surface area contributed by atoms with Crippen LogP contribution in [0.4, 0.5) is 0 Å². The van der Waals surface area contributed by atoms with Crippen molar-refractivity contribution >= 4 is 0 Å². The Morgan fingerprint density at radius 3 is 2.40 bits per heavy atom. The highest BCUT2D eigenvalue weighted by molar-refractivity contribution is 5.28. The molecule has 0 saturated heterocycles. The molecule has 3 aliphatic carbocycles. The van der Waals surface area contributed by atoms with Crippen molar-refractivity contribution in [3.63, 3.8) is 0 Å². The second-order valence-electron chi connectivity index (χ2n) is 6.57. The van der Waals surface area contributed by atoms with Crippen LogP contribution in [0.3, 0.4) is 0 Å². The summed E-state index contributed by atoms with van der Waals surface area (Å²) < 4.78 is 0. The quantitative estimate of drug-likeness (QED) is 0.593. The standard InChI is InChI=1S/C13H20O2/c1-12(2,3)13(15)10-8-5-4-7(6-8)9(10)11(13)14/h4-5,7-11,14-15H,6H2,1-3H3. The zero-order chi connectivity index (χ0) is 11.0. The summed E-state index contributed by atoms with van der Waals surface area (Å²) in [5.41, 5.74) is -1.10. The second-order valence-corrected chi connectivity index (χ2v) is 6.57. The Hall–Kier alpha value is -0.340. The number of fused-ring (bicyclic) bond motifs is 5. The molecule has 15 heavy (non-hydrogen) atoms. The number of hydrogen-bond acceptors (Lipinski definition) is 2. The molecule has 0 amide bonds. The molecule has 84 valence electrons. The van der Waals surface area contributed by atoms with Gasteiger partial charge in [-0.1, -0.05) is 32.9 Å². The first kappa shape index (κ1) is 9.86. The number of rotatable bonds is 0. The van der Waals surface area contributed by atoms with Crippen molar-refractivity contribution in [3.8, 4) is 0 Å². The molecule has 0 aromatic carbocycles. The van der Waals surface area contributed by atoms with E-state index in [0.717, 1.165) is 6.42 Å². The van der Waals surface area contributed by atoms with E-state index in [1.165, 1.54) is 0 Å². The van der Waals surface area contributed by atoms with Gasteiger partial charge in [0, 0.05) is 11.8 Å². The molecule has 0 heterocycles. The van der Waals surface area contributed by atoms with Crippen molar-refractivity contribution in [1.29, 1.82) is 0 Å². The van der Waals surface area contributed by atoms with Crippen molar-refractivity contribution < 1.29 is 10.2 Å². The molecule has 0 aromatic rings. The fraction of sp³-hybridized carbons (Fsp3) is 0.846. The van der Waals surface area contributed by atoms with Gasteiger partial charge in [-0.2, -0.15) is 0 Å². The first-order valence-corrected chi connectivity index (χ1v) is 5.96. The van der Waals surface area contributed by atoms with Gasteiger partial charge in [0.25, 0.3) is 0 Å². The molecule has 3 aliphatic rings. The van der Waals surface area contributed by atoms with Gasteiger partial charge in [0.2, 0.25) is 0 Å². The van der Waals surface area contributed by atoms with Gasteiger partial charge in [0.15, 0.2) is 0 Å². The molecule has 2 bridgehead atoms. The third-order valence-corrected chi connectivity index (χ3v) is 5.05. The Labute approximate surface area is 91.0 Å². The number of aliphatic hydroxyl groups is 2. The summed E-state index contributed by atoms with van der Waals surface area (Å²) >= 11 is 0. The maximum atomic E-state index is 10.7. The van der Waals surface area contributed by atoms with E-state index in [2.05, 4.69) is 12.2 Å². The fourth-order valence-corrected chi connectivity index (χ4v) is 4.23. The van der Waals surface area contributed by atoms with Gasteiger partial charge in [0.05, 0.1) is 11.7 Å². The van der Waals surface area contributed by atoms with Crippen LogP contribution in [0.5, 0.6) is 0 Å². The maximum Gasteiger partial charge on any atom is 0.0993 e. The largest absolute Gasteiger partial charge is 0.390 e. The lowest BCUT2D eigenvalue weighted by Crippen LogP contribution is -2.72. The number of allylic oxidation sites excluding steroid dienone is 2. The van der Waals surface area contributed by atoms with Gasteiger partial charge in [-0.05, 0) is 23.7 Å². The molecule has 0 spiro atoms. The predicted molar refractivity (Wildman–Crippen MR) is 58.1 cm³/mol. The fourth-order valence-electron chi connectivity index (χ4n) is 4.23. The van der Waals surface area contributed by atoms with E-state index in [1.54, 1.807) is 0 Å². The zero-order valence-electron chi connectivity index (χ0n) is 9.64. The van der Waals surface area contributed by atoms with E-state index in [-0.39, 0.29) is 5.41 Å². The monoisotopic (exact) mass is 208 g/mol. The van der Waals surface area contributed by atoms with Crippen molar-refractivity contribution in [2.24, 2.45) is 29.1 Å². The van der Waals surface area contributed by atoms with E-state index in [4.69, 9.17) is 0 Å². The Morgan fingerprint density at radius 1 is 1.20 bits per heavy atom. The molecule has 2 fully saturated rings. The molecular formula is C13H20O2. The van der Waals surface area contributed by atoms with Crippen molar-refractivity contribution in [1.82, 2.24) is 0 Å². The smallest absolute Gasteiger partial charge is 0.0993 e. The highest BCUT2D eigenvalue weighted by atomic mass is 16.4. The van der Waals surface area contributed by atoms with Crippen molar-refractivity contribution in [2.75, 3.05) is 0 Å². The summed E-state index contributed by atoms with van der Waals surface area (Å²) in [5, 5.41) is 20.9. The first-order valence-electron chi connectivity index (χ1n) is 5.96. The van der Waals surface area contributed by atoms with Crippen LogP contribution >= 0.6 is 0 Å². The van der Waals surface area contributed by atoms with Gasteiger partial charge < -0.3 is 10.2 Å². The molecule has 0 radical (unpaired) electrons.